The zero-order chi connectivity index (χ0) is 19.7. The molecule has 0 saturated carbocycles. The van der Waals surface area contributed by atoms with E-state index in [1.807, 2.05) is 54.6 Å². The predicted octanol–water partition coefficient (Wildman–Crippen LogP) is 4.72. The monoisotopic (exact) mass is 386 g/mol. The van der Waals surface area contributed by atoms with Crippen molar-refractivity contribution in [3.05, 3.63) is 95.7 Å². The summed E-state index contributed by atoms with van der Waals surface area (Å²) in [5.41, 5.74) is 3.13. The third-order valence-corrected chi connectivity index (χ3v) is 4.43. The third-order valence-electron chi connectivity index (χ3n) is 4.43. The molecule has 29 heavy (non-hydrogen) atoms. The number of benzene rings is 2. The zero-order valence-electron chi connectivity index (χ0n) is 16.0. The van der Waals surface area contributed by atoms with Gasteiger partial charge in [0, 0.05) is 12.5 Å². The molecule has 2 aromatic heterocycles. The van der Waals surface area contributed by atoms with Crippen molar-refractivity contribution in [1.29, 1.82) is 0 Å². The van der Waals surface area contributed by atoms with E-state index in [1.54, 1.807) is 12.6 Å². The number of hydrogen-bond donors (Lipinski definition) is 1. The molecule has 6 heteroatoms. The van der Waals surface area contributed by atoms with E-state index < -0.39 is 0 Å². The van der Waals surface area contributed by atoms with Crippen molar-refractivity contribution in [1.82, 2.24) is 20.2 Å². The quantitative estimate of drug-likeness (QED) is 0.450. The topological polar surface area (TPSA) is 76.8 Å². The van der Waals surface area contributed by atoms with E-state index in [-0.39, 0.29) is 0 Å². The first-order chi connectivity index (χ1) is 14.3. The number of rotatable bonds is 9. The number of oxazole rings is 1. The molecule has 0 fully saturated rings. The Labute approximate surface area is 169 Å². The van der Waals surface area contributed by atoms with Crippen molar-refractivity contribution >= 4 is 12.2 Å². The fraction of sp³-hybridized carbons (Fsp3) is 0.174. The van der Waals surface area contributed by atoms with Crippen LogP contribution in [0.1, 0.15) is 35.0 Å². The molecule has 0 unspecified atom stereocenters. The van der Waals surface area contributed by atoms with Crippen LogP contribution in [0.3, 0.4) is 0 Å². The van der Waals surface area contributed by atoms with Crippen molar-refractivity contribution < 1.29 is 9.15 Å². The average Bonchev–Trinajstić information content (AvgIpc) is 3.45. The summed E-state index contributed by atoms with van der Waals surface area (Å²) in [7, 11) is 0. The van der Waals surface area contributed by atoms with Crippen LogP contribution < -0.4 is 4.74 Å². The van der Waals surface area contributed by atoms with Gasteiger partial charge in [-0.15, -0.1) is 0 Å². The average molecular weight is 386 g/mol. The minimum atomic E-state index is 0.368. The van der Waals surface area contributed by atoms with E-state index in [9.17, 15) is 0 Å². The van der Waals surface area contributed by atoms with Crippen molar-refractivity contribution in [2.24, 2.45) is 0 Å². The first-order valence-electron chi connectivity index (χ1n) is 9.59. The van der Waals surface area contributed by atoms with Gasteiger partial charge < -0.3 is 9.15 Å². The number of aromatic nitrogens is 4. The van der Waals surface area contributed by atoms with Gasteiger partial charge in [0.2, 0.25) is 5.89 Å². The van der Waals surface area contributed by atoms with E-state index in [0.29, 0.717) is 12.5 Å². The van der Waals surface area contributed by atoms with Crippen molar-refractivity contribution in [3.63, 3.8) is 0 Å². The summed E-state index contributed by atoms with van der Waals surface area (Å²) in [4.78, 5) is 8.57. The van der Waals surface area contributed by atoms with E-state index in [0.717, 1.165) is 42.1 Å². The normalized spacial score (nSPS) is 11.2. The van der Waals surface area contributed by atoms with Gasteiger partial charge in [0.15, 0.2) is 0 Å². The Morgan fingerprint density at radius 3 is 2.62 bits per heavy atom. The highest BCUT2D eigenvalue weighted by Crippen LogP contribution is 2.16. The molecular formula is C23H22N4O2. The second kappa shape index (κ2) is 9.50. The highest BCUT2D eigenvalue weighted by Gasteiger charge is 2.03. The van der Waals surface area contributed by atoms with Gasteiger partial charge in [-0.1, -0.05) is 42.5 Å². The molecule has 0 amide bonds. The molecule has 0 aliphatic heterocycles. The van der Waals surface area contributed by atoms with E-state index >= 15 is 0 Å². The molecule has 2 aromatic carbocycles. The number of aryl methyl sites for hydroxylation is 2. The van der Waals surface area contributed by atoms with Crippen LogP contribution >= 0.6 is 0 Å². The summed E-state index contributed by atoms with van der Waals surface area (Å²) in [6.07, 6.45) is 9.92. The molecule has 0 spiro atoms. The molecule has 0 atom stereocenters. The summed E-state index contributed by atoms with van der Waals surface area (Å²) in [6, 6.07) is 18.2. The molecule has 146 valence electrons. The van der Waals surface area contributed by atoms with Crippen LogP contribution in [-0.2, 0) is 19.4 Å². The summed E-state index contributed by atoms with van der Waals surface area (Å²) in [6.45, 7) is 0.368. The Morgan fingerprint density at radius 2 is 1.83 bits per heavy atom. The first kappa shape index (κ1) is 18.7. The summed E-state index contributed by atoms with van der Waals surface area (Å²) in [5, 5.41) is 6.81. The van der Waals surface area contributed by atoms with Crippen LogP contribution in [0, 0.1) is 0 Å². The Hall–Kier alpha value is -3.67. The van der Waals surface area contributed by atoms with Crippen molar-refractivity contribution in [2.75, 3.05) is 0 Å². The molecule has 2 heterocycles. The van der Waals surface area contributed by atoms with Gasteiger partial charge in [-0.2, -0.15) is 5.10 Å². The summed E-state index contributed by atoms with van der Waals surface area (Å²) >= 11 is 0. The Bertz CT molecular complexity index is 1020. The van der Waals surface area contributed by atoms with Gasteiger partial charge in [0.1, 0.15) is 36.5 Å². The Morgan fingerprint density at radius 1 is 0.966 bits per heavy atom. The van der Waals surface area contributed by atoms with Gasteiger partial charge in [0.25, 0.3) is 0 Å². The van der Waals surface area contributed by atoms with Gasteiger partial charge in [-0.3, -0.25) is 5.10 Å². The number of nitrogens with one attached hydrogen (secondary N) is 1. The van der Waals surface area contributed by atoms with Gasteiger partial charge in [0.05, 0.1) is 0 Å². The second-order valence-corrected chi connectivity index (χ2v) is 6.62. The molecule has 0 bridgehead atoms. The molecule has 1 N–H and O–H groups in total. The molecule has 4 rings (SSSR count). The minimum Gasteiger partial charge on any atom is -0.487 e. The summed E-state index contributed by atoms with van der Waals surface area (Å²) in [5.74, 6) is 2.23. The fourth-order valence-corrected chi connectivity index (χ4v) is 2.91. The van der Waals surface area contributed by atoms with Crippen LogP contribution in [0.4, 0.5) is 0 Å². The fourth-order valence-electron chi connectivity index (χ4n) is 2.91. The predicted molar refractivity (Wildman–Crippen MR) is 111 cm³/mol. The maximum atomic E-state index is 5.82. The molecule has 0 radical (unpaired) electrons. The highest BCUT2D eigenvalue weighted by molar-refractivity contribution is 5.65. The van der Waals surface area contributed by atoms with Crippen LogP contribution in [0.15, 0.2) is 71.6 Å². The summed E-state index contributed by atoms with van der Waals surface area (Å²) < 4.78 is 11.3. The Balaban J connectivity index is 1.24. The number of aromatic amines is 1. The van der Waals surface area contributed by atoms with Crippen LogP contribution in [-0.4, -0.2) is 20.2 Å². The number of H-pyrrole nitrogens is 1. The molecule has 0 saturated heterocycles. The van der Waals surface area contributed by atoms with Gasteiger partial charge >= 0.3 is 0 Å². The van der Waals surface area contributed by atoms with Crippen LogP contribution in [0.5, 0.6) is 5.75 Å². The van der Waals surface area contributed by atoms with E-state index in [1.165, 1.54) is 5.56 Å². The maximum Gasteiger partial charge on any atom is 0.218 e. The molecule has 0 aliphatic rings. The standard InChI is InChI=1S/C23H22N4O2/c1-2-5-18(6-3-1)11-14-23-26-20(16-29-23)15-28-21-12-9-19(10-13-21)7-4-8-22-24-17-25-27-22/h1-3,5-6,9-14,16-17H,4,7-8,15H2,(H,24,25,27)/b14-11+. The number of hydrogen-bond acceptors (Lipinski definition) is 5. The number of nitrogens with zero attached hydrogens (tertiary/aromatic N) is 3. The lowest BCUT2D eigenvalue weighted by atomic mass is 10.1. The SMILES string of the molecule is C(=C\c1nc(COc2ccc(CCCc3nc[nH]n3)cc2)co1)/c1ccccc1. The largest absolute Gasteiger partial charge is 0.487 e. The zero-order valence-corrected chi connectivity index (χ0v) is 16.0. The minimum absolute atomic E-state index is 0.368. The lowest BCUT2D eigenvalue weighted by Gasteiger charge is -2.05. The van der Waals surface area contributed by atoms with Crippen molar-refractivity contribution in [3.8, 4) is 5.75 Å². The smallest absolute Gasteiger partial charge is 0.218 e. The first-order valence-corrected chi connectivity index (χ1v) is 9.59. The third kappa shape index (κ3) is 5.65. The van der Waals surface area contributed by atoms with E-state index in [4.69, 9.17) is 9.15 Å². The highest BCUT2D eigenvalue weighted by atomic mass is 16.5. The lowest BCUT2D eigenvalue weighted by Crippen LogP contribution is -1.96. The van der Waals surface area contributed by atoms with Gasteiger partial charge in [-0.25, -0.2) is 9.97 Å². The molecule has 6 nitrogen and oxygen atoms in total. The molecule has 0 aliphatic carbocycles. The lowest BCUT2D eigenvalue weighted by molar-refractivity contribution is 0.301. The number of ether oxygens (including phenoxy) is 1. The molecule has 4 aromatic rings. The van der Waals surface area contributed by atoms with Crippen molar-refractivity contribution in [2.45, 2.75) is 25.9 Å². The van der Waals surface area contributed by atoms with Gasteiger partial charge in [-0.05, 0) is 42.2 Å². The second-order valence-electron chi connectivity index (χ2n) is 6.62. The molecular weight excluding hydrogens is 364 g/mol. The van der Waals surface area contributed by atoms with E-state index in [2.05, 4.69) is 32.3 Å². The Kier molecular flexibility index (Phi) is 6.12. The maximum absolute atomic E-state index is 5.82. The van der Waals surface area contributed by atoms with Crippen LogP contribution in [0.2, 0.25) is 0 Å². The van der Waals surface area contributed by atoms with Crippen LogP contribution in [0.25, 0.3) is 12.2 Å².